The minimum absolute atomic E-state index is 0. The molecule has 1 aromatic carbocycles. The summed E-state index contributed by atoms with van der Waals surface area (Å²) in [6.45, 7) is 8.12. The first kappa shape index (κ1) is 24.9. The Balaban J connectivity index is 0.00000320. The van der Waals surface area contributed by atoms with E-state index in [2.05, 4.69) is 52.4 Å². The highest BCUT2D eigenvalue weighted by atomic mass is 127. The lowest BCUT2D eigenvalue weighted by Crippen LogP contribution is -2.50. The maximum Gasteiger partial charge on any atom is 0.305 e. The summed E-state index contributed by atoms with van der Waals surface area (Å²) in [6.07, 6.45) is 2.35. The fourth-order valence-corrected chi connectivity index (χ4v) is 4.04. The number of benzene rings is 1. The predicted molar refractivity (Wildman–Crippen MR) is 129 cm³/mol. The van der Waals surface area contributed by atoms with Gasteiger partial charge in [0.1, 0.15) is 0 Å². The molecule has 1 aromatic rings. The predicted octanol–water partition coefficient (Wildman–Crippen LogP) is 2.50. The molecule has 3 rings (SSSR count). The molecule has 2 atom stereocenters. The average Bonchev–Trinajstić information content (AvgIpc) is 3.18. The van der Waals surface area contributed by atoms with Gasteiger partial charge in [-0.1, -0.05) is 30.3 Å². The number of carbonyl (C=O) groups is 1. The van der Waals surface area contributed by atoms with Gasteiger partial charge < -0.3 is 19.7 Å². The minimum atomic E-state index is -0.153. The second-order valence-electron chi connectivity index (χ2n) is 7.61. The molecule has 0 aromatic heterocycles. The van der Waals surface area contributed by atoms with E-state index in [1.807, 2.05) is 0 Å². The molecule has 168 valence electrons. The Kier molecular flexibility index (Phi) is 10.9. The normalized spacial score (nSPS) is 21.7. The Morgan fingerprint density at radius 2 is 2.07 bits per heavy atom. The van der Waals surface area contributed by atoms with Crippen LogP contribution < -0.4 is 5.32 Å². The number of morpholine rings is 1. The van der Waals surface area contributed by atoms with Gasteiger partial charge in [-0.2, -0.15) is 0 Å². The van der Waals surface area contributed by atoms with Crippen molar-refractivity contribution in [1.82, 2.24) is 15.1 Å². The number of likely N-dealkylation sites (tertiary alicyclic amines) is 1. The Hall–Kier alpha value is -1.39. The van der Waals surface area contributed by atoms with Gasteiger partial charge in [0.05, 0.1) is 25.9 Å². The van der Waals surface area contributed by atoms with E-state index in [9.17, 15) is 4.79 Å². The van der Waals surface area contributed by atoms with Crippen molar-refractivity contribution in [3.63, 3.8) is 0 Å². The van der Waals surface area contributed by atoms with Crippen LogP contribution in [0.25, 0.3) is 0 Å². The molecule has 8 heteroatoms. The van der Waals surface area contributed by atoms with Crippen molar-refractivity contribution in [1.29, 1.82) is 0 Å². The van der Waals surface area contributed by atoms with Crippen LogP contribution >= 0.6 is 24.0 Å². The van der Waals surface area contributed by atoms with E-state index in [1.54, 1.807) is 0 Å². The van der Waals surface area contributed by atoms with Crippen molar-refractivity contribution in [2.45, 2.75) is 44.9 Å². The Morgan fingerprint density at radius 3 is 2.80 bits per heavy atom. The van der Waals surface area contributed by atoms with E-state index in [0.29, 0.717) is 19.0 Å². The van der Waals surface area contributed by atoms with E-state index in [4.69, 9.17) is 14.5 Å². The number of aliphatic imine (C=N–C) groups is 1. The number of esters is 1. The molecule has 2 fully saturated rings. The van der Waals surface area contributed by atoms with Crippen LogP contribution in [-0.2, 0) is 20.8 Å². The van der Waals surface area contributed by atoms with Gasteiger partial charge in [0.25, 0.3) is 0 Å². The summed E-state index contributed by atoms with van der Waals surface area (Å²) in [5, 5.41) is 3.42. The maximum absolute atomic E-state index is 11.2. The van der Waals surface area contributed by atoms with Crippen LogP contribution in [0.1, 0.15) is 31.7 Å². The molecule has 2 aliphatic heterocycles. The zero-order valence-corrected chi connectivity index (χ0v) is 20.4. The van der Waals surface area contributed by atoms with Crippen molar-refractivity contribution in [3.05, 3.63) is 35.9 Å². The molecule has 30 heavy (non-hydrogen) atoms. The summed E-state index contributed by atoms with van der Waals surface area (Å²) >= 11 is 0. The van der Waals surface area contributed by atoms with Gasteiger partial charge in [-0.3, -0.25) is 14.7 Å². The molecule has 0 spiro atoms. The van der Waals surface area contributed by atoms with Crippen molar-refractivity contribution < 1.29 is 14.3 Å². The minimum Gasteiger partial charge on any atom is -0.469 e. The number of halogens is 1. The van der Waals surface area contributed by atoms with Gasteiger partial charge in [-0.15, -0.1) is 24.0 Å². The van der Waals surface area contributed by atoms with E-state index in [-0.39, 0.29) is 36.0 Å². The first-order chi connectivity index (χ1) is 14.2. The Morgan fingerprint density at radius 1 is 1.27 bits per heavy atom. The molecule has 2 heterocycles. The molecule has 1 N–H and O–H groups in total. The molecular formula is C22H35IN4O3. The summed E-state index contributed by atoms with van der Waals surface area (Å²) in [4.78, 5) is 20.9. The maximum atomic E-state index is 11.2. The molecule has 2 unspecified atom stereocenters. The number of hydrogen-bond donors (Lipinski definition) is 1. The standard InChI is InChI=1S/C22H34N4O3.HI/c1-3-23-22(24-12-8-7-11-21(27)28-2)26-16-19-20(17-26)29-14-13-25(19)15-18-9-5-4-6-10-18;/h4-6,9-10,19-20H,3,7-8,11-17H2,1-2H3,(H,23,24);1H. The van der Waals surface area contributed by atoms with Gasteiger partial charge in [0.15, 0.2) is 5.96 Å². The van der Waals surface area contributed by atoms with Crippen molar-refractivity contribution in [3.8, 4) is 0 Å². The molecule has 2 saturated heterocycles. The van der Waals surface area contributed by atoms with Crippen LogP contribution in [0, 0.1) is 0 Å². The number of unbranched alkanes of at least 4 members (excludes halogenated alkanes) is 1. The summed E-state index contributed by atoms with van der Waals surface area (Å²) in [5.41, 5.74) is 1.35. The first-order valence-corrected chi connectivity index (χ1v) is 10.7. The number of carbonyl (C=O) groups excluding carboxylic acids is 1. The first-order valence-electron chi connectivity index (χ1n) is 10.7. The number of fused-ring (bicyclic) bond motifs is 1. The van der Waals surface area contributed by atoms with Crippen LogP contribution in [0.3, 0.4) is 0 Å². The summed E-state index contributed by atoms with van der Waals surface area (Å²) in [5.74, 6) is 0.795. The van der Waals surface area contributed by atoms with Crippen LogP contribution in [-0.4, -0.2) is 80.3 Å². The quantitative estimate of drug-likeness (QED) is 0.183. The highest BCUT2D eigenvalue weighted by Crippen LogP contribution is 2.24. The van der Waals surface area contributed by atoms with E-state index >= 15 is 0 Å². The lowest BCUT2D eigenvalue weighted by Gasteiger charge is -2.36. The highest BCUT2D eigenvalue weighted by molar-refractivity contribution is 14.0. The average molecular weight is 530 g/mol. The second kappa shape index (κ2) is 13.1. The second-order valence-corrected chi connectivity index (χ2v) is 7.61. The van der Waals surface area contributed by atoms with E-state index in [0.717, 1.165) is 58.1 Å². The number of guanidine groups is 1. The lowest BCUT2D eigenvalue weighted by molar-refractivity contribution is -0.140. The lowest BCUT2D eigenvalue weighted by atomic mass is 10.1. The molecule has 7 nitrogen and oxygen atoms in total. The fraction of sp³-hybridized carbons (Fsp3) is 0.636. The van der Waals surface area contributed by atoms with Crippen LogP contribution in [0.5, 0.6) is 0 Å². The van der Waals surface area contributed by atoms with Gasteiger partial charge >= 0.3 is 5.97 Å². The number of rotatable bonds is 8. The molecule has 0 amide bonds. The van der Waals surface area contributed by atoms with Gasteiger partial charge in [-0.05, 0) is 25.3 Å². The zero-order chi connectivity index (χ0) is 20.5. The molecular weight excluding hydrogens is 495 g/mol. The number of methoxy groups -OCH3 is 1. The number of nitrogens with zero attached hydrogens (tertiary/aromatic N) is 3. The van der Waals surface area contributed by atoms with Crippen molar-refractivity contribution in [2.24, 2.45) is 4.99 Å². The van der Waals surface area contributed by atoms with Crippen molar-refractivity contribution >= 4 is 35.9 Å². The summed E-state index contributed by atoms with van der Waals surface area (Å²) < 4.78 is 10.8. The van der Waals surface area contributed by atoms with Crippen LogP contribution in [0.4, 0.5) is 0 Å². The number of nitrogens with one attached hydrogen (secondary N) is 1. The Labute approximate surface area is 197 Å². The fourth-order valence-electron chi connectivity index (χ4n) is 4.04. The number of ether oxygens (including phenoxy) is 2. The summed E-state index contributed by atoms with van der Waals surface area (Å²) in [7, 11) is 1.43. The zero-order valence-electron chi connectivity index (χ0n) is 18.1. The van der Waals surface area contributed by atoms with Gasteiger partial charge in [0, 0.05) is 45.7 Å². The largest absolute Gasteiger partial charge is 0.469 e. The monoisotopic (exact) mass is 530 g/mol. The smallest absolute Gasteiger partial charge is 0.305 e. The third-order valence-electron chi connectivity index (χ3n) is 5.56. The van der Waals surface area contributed by atoms with Crippen molar-refractivity contribution in [2.75, 3.05) is 46.4 Å². The molecule has 0 aliphatic carbocycles. The number of hydrogen-bond acceptors (Lipinski definition) is 5. The third-order valence-corrected chi connectivity index (χ3v) is 5.56. The SMILES string of the molecule is CCNC(=NCCCCC(=O)OC)N1CC2OCCN(Cc3ccccc3)C2C1.I. The van der Waals surface area contributed by atoms with E-state index in [1.165, 1.54) is 12.7 Å². The highest BCUT2D eigenvalue weighted by Gasteiger charge is 2.41. The molecule has 0 bridgehead atoms. The van der Waals surface area contributed by atoms with Crippen LogP contribution in [0.15, 0.2) is 35.3 Å². The molecule has 2 aliphatic rings. The molecule has 0 saturated carbocycles. The van der Waals surface area contributed by atoms with Gasteiger partial charge in [-0.25, -0.2) is 0 Å². The summed E-state index contributed by atoms with van der Waals surface area (Å²) in [6, 6.07) is 11.0. The topological polar surface area (TPSA) is 66.4 Å². The molecule has 0 radical (unpaired) electrons. The Bertz CT molecular complexity index is 674. The third kappa shape index (κ3) is 7.09. The van der Waals surface area contributed by atoms with Gasteiger partial charge in [0.2, 0.25) is 0 Å². The van der Waals surface area contributed by atoms with Crippen LogP contribution in [0.2, 0.25) is 0 Å². The van der Waals surface area contributed by atoms with E-state index < -0.39 is 0 Å².